The third kappa shape index (κ3) is 2.95. The summed E-state index contributed by atoms with van der Waals surface area (Å²) in [5.74, 6) is 1.64. The van der Waals surface area contributed by atoms with Crippen LogP contribution in [-0.2, 0) is 11.2 Å². The van der Waals surface area contributed by atoms with Crippen LogP contribution < -0.4 is 20.1 Å². The van der Waals surface area contributed by atoms with Crippen LogP contribution in [0.3, 0.4) is 0 Å². The Kier molecular flexibility index (Phi) is 4.18. The summed E-state index contributed by atoms with van der Waals surface area (Å²) < 4.78 is 10.6. The van der Waals surface area contributed by atoms with E-state index in [4.69, 9.17) is 9.47 Å². The van der Waals surface area contributed by atoms with Crippen LogP contribution in [0, 0.1) is 0 Å². The van der Waals surface area contributed by atoms with Crippen molar-refractivity contribution in [3.63, 3.8) is 0 Å². The molecule has 1 aromatic carbocycles. The molecule has 1 aliphatic heterocycles. The van der Waals surface area contributed by atoms with Gasteiger partial charge in [0.05, 0.1) is 32.0 Å². The van der Waals surface area contributed by atoms with Gasteiger partial charge in [0.15, 0.2) is 11.5 Å². The molecule has 0 radical (unpaired) electrons. The van der Waals surface area contributed by atoms with E-state index in [1.54, 1.807) is 20.4 Å². The number of carbonyl (C=O) groups excluding carboxylic acids is 1. The Morgan fingerprint density at radius 2 is 2.04 bits per heavy atom. The molecule has 0 atom stereocenters. The Labute approximate surface area is 154 Å². The summed E-state index contributed by atoms with van der Waals surface area (Å²) in [4.78, 5) is 21.0. The van der Waals surface area contributed by atoms with Crippen LogP contribution in [0.2, 0.25) is 0 Å². The number of anilines is 3. The number of ether oxygens (including phenoxy) is 2. The number of thiophene rings is 1. The third-order valence-electron chi connectivity index (χ3n) is 4.05. The molecule has 3 aromatic rings. The highest BCUT2D eigenvalue weighted by Gasteiger charge is 2.21. The lowest BCUT2D eigenvalue weighted by Crippen LogP contribution is -2.12. The smallest absolute Gasteiger partial charge is 0.228 e. The summed E-state index contributed by atoms with van der Waals surface area (Å²) in [7, 11) is 3.18. The molecule has 0 saturated carbocycles. The summed E-state index contributed by atoms with van der Waals surface area (Å²) in [6, 6.07) is 5.48. The molecular weight excluding hydrogens is 352 g/mol. The molecule has 26 heavy (non-hydrogen) atoms. The minimum absolute atomic E-state index is 0.0624. The molecule has 1 amide bonds. The maximum atomic E-state index is 12.0. The number of benzene rings is 1. The molecular formula is C18H16N4O3S. The normalized spacial score (nSPS) is 12.5. The number of rotatable bonds is 4. The van der Waals surface area contributed by atoms with E-state index in [0.717, 1.165) is 28.2 Å². The number of nitrogens with one attached hydrogen (secondary N) is 2. The zero-order chi connectivity index (χ0) is 18.1. The predicted octanol–water partition coefficient (Wildman–Crippen LogP) is 3.46. The second kappa shape index (κ2) is 6.64. The quantitative estimate of drug-likeness (QED) is 0.734. The predicted molar refractivity (Wildman–Crippen MR) is 101 cm³/mol. The van der Waals surface area contributed by atoms with E-state index in [0.29, 0.717) is 17.4 Å². The average molecular weight is 368 g/mol. The van der Waals surface area contributed by atoms with Crippen molar-refractivity contribution < 1.29 is 14.3 Å². The second-order valence-electron chi connectivity index (χ2n) is 5.69. The van der Waals surface area contributed by atoms with Gasteiger partial charge in [-0.05, 0) is 12.1 Å². The van der Waals surface area contributed by atoms with Crippen molar-refractivity contribution in [1.82, 2.24) is 9.97 Å². The summed E-state index contributed by atoms with van der Waals surface area (Å²) in [6.07, 6.45) is 1.95. The summed E-state index contributed by atoms with van der Waals surface area (Å²) in [6.45, 7) is 0. The van der Waals surface area contributed by atoms with Crippen molar-refractivity contribution in [3.05, 3.63) is 40.7 Å². The topological polar surface area (TPSA) is 85.4 Å². The van der Waals surface area contributed by atoms with Gasteiger partial charge in [-0.25, -0.2) is 9.97 Å². The number of aromatic nitrogens is 2. The van der Waals surface area contributed by atoms with Gasteiger partial charge < -0.3 is 20.1 Å². The summed E-state index contributed by atoms with van der Waals surface area (Å²) in [5, 5.41) is 9.96. The molecule has 2 aromatic heterocycles. The molecule has 0 bridgehead atoms. The van der Waals surface area contributed by atoms with Crippen LogP contribution in [0.25, 0.3) is 11.3 Å². The Hall–Kier alpha value is -3.13. The fourth-order valence-electron chi connectivity index (χ4n) is 2.82. The second-order valence-corrected chi connectivity index (χ2v) is 6.43. The highest BCUT2D eigenvalue weighted by Crippen LogP contribution is 2.36. The van der Waals surface area contributed by atoms with E-state index in [2.05, 4.69) is 20.6 Å². The SMILES string of the molecule is COc1ccc(Nc2ncc3c(n2)-c2cscc2NC(=O)C3)cc1OC. The number of nitrogens with zero attached hydrogens (tertiary/aromatic N) is 2. The number of amides is 1. The maximum Gasteiger partial charge on any atom is 0.228 e. The molecule has 0 saturated heterocycles. The number of fused-ring (bicyclic) bond motifs is 3. The highest BCUT2D eigenvalue weighted by molar-refractivity contribution is 7.08. The molecule has 0 unspecified atom stereocenters. The van der Waals surface area contributed by atoms with Crippen LogP contribution >= 0.6 is 11.3 Å². The first-order valence-corrected chi connectivity index (χ1v) is 8.83. The first-order chi connectivity index (χ1) is 12.7. The van der Waals surface area contributed by atoms with E-state index in [-0.39, 0.29) is 12.3 Å². The van der Waals surface area contributed by atoms with Crippen LogP contribution in [0.4, 0.5) is 17.3 Å². The first kappa shape index (κ1) is 16.3. The molecule has 4 rings (SSSR count). The molecule has 2 N–H and O–H groups in total. The zero-order valence-corrected chi connectivity index (χ0v) is 15.0. The van der Waals surface area contributed by atoms with Crippen LogP contribution in [0.1, 0.15) is 5.56 Å². The van der Waals surface area contributed by atoms with Crippen LogP contribution in [0.5, 0.6) is 11.5 Å². The summed E-state index contributed by atoms with van der Waals surface area (Å²) >= 11 is 1.52. The fraction of sp³-hybridized carbons (Fsp3) is 0.167. The van der Waals surface area contributed by atoms with Gasteiger partial charge in [0.1, 0.15) is 0 Å². The van der Waals surface area contributed by atoms with E-state index in [1.807, 2.05) is 29.0 Å². The van der Waals surface area contributed by atoms with E-state index in [9.17, 15) is 4.79 Å². The van der Waals surface area contributed by atoms with Crippen molar-refractivity contribution in [1.29, 1.82) is 0 Å². The van der Waals surface area contributed by atoms with Gasteiger partial charge in [-0.2, -0.15) is 0 Å². The molecule has 132 valence electrons. The van der Waals surface area contributed by atoms with Crippen molar-refractivity contribution >= 4 is 34.6 Å². The number of methoxy groups -OCH3 is 2. The number of hydrogen-bond acceptors (Lipinski definition) is 7. The van der Waals surface area contributed by atoms with Gasteiger partial charge in [-0.3, -0.25) is 4.79 Å². The average Bonchev–Trinajstić information content (AvgIpc) is 3.05. The number of hydrogen-bond donors (Lipinski definition) is 2. The molecule has 0 aliphatic carbocycles. The summed E-state index contributed by atoms with van der Waals surface area (Å²) in [5.41, 5.74) is 4.04. The maximum absolute atomic E-state index is 12.0. The fourth-order valence-corrected chi connectivity index (χ4v) is 3.58. The van der Waals surface area contributed by atoms with E-state index >= 15 is 0 Å². The number of carbonyl (C=O) groups is 1. The minimum Gasteiger partial charge on any atom is -0.493 e. The standard InChI is InChI=1S/C18H16N4O3S/c1-24-14-4-3-11(6-15(14)25-2)20-18-19-7-10-5-16(23)21-13-9-26-8-12(13)17(10)22-18/h3-4,6-9H,5H2,1-2H3,(H,21,23)(H,19,20,22). The Bertz CT molecular complexity index is 986. The minimum atomic E-state index is -0.0624. The lowest BCUT2D eigenvalue weighted by Gasteiger charge is -2.11. The van der Waals surface area contributed by atoms with Gasteiger partial charge in [-0.1, -0.05) is 0 Å². The van der Waals surface area contributed by atoms with Gasteiger partial charge in [-0.15, -0.1) is 11.3 Å². The van der Waals surface area contributed by atoms with Crippen molar-refractivity contribution in [2.75, 3.05) is 24.9 Å². The highest BCUT2D eigenvalue weighted by atomic mass is 32.1. The molecule has 0 fully saturated rings. The monoisotopic (exact) mass is 368 g/mol. The lowest BCUT2D eigenvalue weighted by atomic mass is 10.1. The van der Waals surface area contributed by atoms with Gasteiger partial charge >= 0.3 is 0 Å². The van der Waals surface area contributed by atoms with Crippen LogP contribution in [-0.4, -0.2) is 30.1 Å². The Morgan fingerprint density at radius 1 is 1.19 bits per heavy atom. The van der Waals surface area contributed by atoms with Gasteiger partial charge in [0.25, 0.3) is 0 Å². The lowest BCUT2D eigenvalue weighted by molar-refractivity contribution is -0.115. The third-order valence-corrected chi connectivity index (χ3v) is 4.79. The first-order valence-electron chi connectivity index (χ1n) is 7.89. The Morgan fingerprint density at radius 3 is 2.85 bits per heavy atom. The van der Waals surface area contributed by atoms with E-state index < -0.39 is 0 Å². The van der Waals surface area contributed by atoms with Crippen molar-refractivity contribution in [2.45, 2.75) is 6.42 Å². The largest absolute Gasteiger partial charge is 0.493 e. The molecule has 0 spiro atoms. The van der Waals surface area contributed by atoms with Crippen LogP contribution in [0.15, 0.2) is 35.2 Å². The van der Waals surface area contributed by atoms with Gasteiger partial charge in [0, 0.05) is 39.8 Å². The van der Waals surface area contributed by atoms with E-state index in [1.165, 1.54) is 11.3 Å². The molecule has 1 aliphatic rings. The zero-order valence-electron chi connectivity index (χ0n) is 14.2. The van der Waals surface area contributed by atoms with Gasteiger partial charge in [0.2, 0.25) is 11.9 Å². The van der Waals surface area contributed by atoms with Crippen molar-refractivity contribution in [3.8, 4) is 22.8 Å². The molecule has 8 heteroatoms. The molecule has 3 heterocycles. The van der Waals surface area contributed by atoms with Crippen molar-refractivity contribution in [2.24, 2.45) is 0 Å². The molecule has 7 nitrogen and oxygen atoms in total. The Balaban J connectivity index is 1.70.